The fourth-order valence-corrected chi connectivity index (χ4v) is 2.40. The fraction of sp³-hybridized carbons (Fsp3) is 0.611. The lowest BCUT2D eigenvalue weighted by molar-refractivity contribution is 0.139. The minimum Gasteiger partial charge on any atom is -0.445 e. The monoisotopic (exact) mass is 336 g/mol. The molecule has 0 saturated heterocycles. The van der Waals surface area contributed by atoms with Gasteiger partial charge in [-0.25, -0.2) is 4.79 Å². The SMILES string of the molecule is CNCCCN(CCCN)CCCNC(=O)OCc1ccccc1. The van der Waals surface area contributed by atoms with Crippen LogP contribution in [0, 0.1) is 0 Å². The number of carbonyl (C=O) groups is 1. The first-order valence-corrected chi connectivity index (χ1v) is 8.78. The Bertz CT molecular complexity index is 428. The van der Waals surface area contributed by atoms with E-state index in [-0.39, 0.29) is 6.09 Å². The summed E-state index contributed by atoms with van der Waals surface area (Å²) in [6.45, 7) is 5.69. The second-order valence-corrected chi connectivity index (χ2v) is 5.78. The molecular formula is C18H32N4O2. The molecule has 6 nitrogen and oxygen atoms in total. The summed E-state index contributed by atoms with van der Waals surface area (Å²) in [5.74, 6) is 0. The molecule has 0 bridgehead atoms. The van der Waals surface area contributed by atoms with E-state index in [0.717, 1.165) is 51.0 Å². The van der Waals surface area contributed by atoms with Crippen LogP contribution in [-0.4, -0.2) is 57.3 Å². The normalized spacial score (nSPS) is 10.8. The van der Waals surface area contributed by atoms with Crippen molar-refractivity contribution in [3.63, 3.8) is 0 Å². The zero-order chi connectivity index (χ0) is 17.5. The molecule has 24 heavy (non-hydrogen) atoms. The van der Waals surface area contributed by atoms with Crippen molar-refractivity contribution in [3.05, 3.63) is 35.9 Å². The van der Waals surface area contributed by atoms with Crippen LogP contribution in [0.2, 0.25) is 0 Å². The van der Waals surface area contributed by atoms with Gasteiger partial charge < -0.3 is 26.0 Å². The van der Waals surface area contributed by atoms with Gasteiger partial charge in [0, 0.05) is 6.54 Å². The van der Waals surface area contributed by atoms with E-state index in [9.17, 15) is 4.79 Å². The summed E-state index contributed by atoms with van der Waals surface area (Å²) in [5, 5.41) is 5.97. The first kappa shape index (κ1) is 20.4. The van der Waals surface area contributed by atoms with Crippen molar-refractivity contribution in [3.8, 4) is 0 Å². The molecule has 1 aromatic carbocycles. The molecular weight excluding hydrogens is 304 g/mol. The molecule has 0 aliphatic carbocycles. The predicted octanol–water partition coefficient (Wildman–Crippen LogP) is 1.56. The average molecular weight is 336 g/mol. The van der Waals surface area contributed by atoms with Gasteiger partial charge in [0.05, 0.1) is 0 Å². The van der Waals surface area contributed by atoms with E-state index in [1.54, 1.807) is 0 Å². The van der Waals surface area contributed by atoms with E-state index >= 15 is 0 Å². The summed E-state index contributed by atoms with van der Waals surface area (Å²) in [7, 11) is 1.97. The van der Waals surface area contributed by atoms with Crippen molar-refractivity contribution in [1.29, 1.82) is 0 Å². The van der Waals surface area contributed by atoms with E-state index in [0.29, 0.717) is 19.7 Å². The molecule has 0 heterocycles. The highest BCUT2D eigenvalue weighted by molar-refractivity contribution is 5.67. The fourth-order valence-electron chi connectivity index (χ4n) is 2.40. The molecule has 4 N–H and O–H groups in total. The third-order valence-electron chi connectivity index (χ3n) is 3.71. The highest BCUT2D eigenvalue weighted by atomic mass is 16.5. The lowest BCUT2D eigenvalue weighted by Crippen LogP contribution is -2.33. The van der Waals surface area contributed by atoms with Crippen molar-refractivity contribution >= 4 is 6.09 Å². The van der Waals surface area contributed by atoms with Gasteiger partial charge in [-0.15, -0.1) is 0 Å². The second kappa shape index (κ2) is 13.8. The summed E-state index contributed by atoms with van der Waals surface area (Å²) in [6.07, 6.45) is 2.67. The molecule has 136 valence electrons. The summed E-state index contributed by atoms with van der Waals surface area (Å²) in [4.78, 5) is 14.1. The minimum atomic E-state index is -0.359. The van der Waals surface area contributed by atoms with Crippen LogP contribution >= 0.6 is 0 Å². The van der Waals surface area contributed by atoms with Crippen LogP contribution in [0.15, 0.2) is 30.3 Å². The van der Waals surface area contributed by atoms with E-state index in [1.165, 1.54) is 0 Å². The Balaban J connectivity index is 2.13. The zero-order valence-electron chi connectivity index (χ0n) is 14.8. The second-order valence-electron chi connectivity index (χ2n) is 5.78. The largest absolute Gasteiger partial charge is 0.445 e. The number of nitrogens with one attached hydrogen (secondary N) is 2. The van der Waals surface area contributed by atoms with Gasteiger partial charge in [0.25, 0.3) is 0 Å². The number of hydrogen-bond donors (Lipinski definition) is 3. The van der Waals surface area contributed by atoms with Crippen LogP contribution in [0.3, 0.4) is 0 Å². The highest BCUT2D eigenvalue weighted by Crippen LogP contribution is 2.00. The molecule has 1 rings (SSSR count). The van der Waals surface area contributed by atoms with E-state index < -0.39 is 0 Å². The molecule has 0 aliphatic rings. The minimum absolute atomic E-state index is 0.305. The average Bonchev–Trinajstić information content (AvgIpc) is 2.62. The van der Waals surface area contributed by atoms with Gasteiger partial charge in [-0.1, -0.05) is 30.3 Å². The summed E-state index contributed by atoms with van der Waals surface area (Å²) < 4.78 is 5.19. The summed E-state index contributed by atoms with van der Waals surface area (Å²) >= 11 is 0. The Hall–Kier alpha value is -1.63. The van der Waals surface area contributed by atoms with Gasteiger partial charge in [0.15, 0.2) is 0 Å². The molecule has 6 heteroatoms. The smallest absolute Gasteiger partial charge is 0.407 e. The van der Waals surface area contributed by atoms with Crippen molar-refractivity contribution in [2.45, 2.75) is 25.9 Å². The van der Waals surface area contributed by atoms with Crippen LogP contribution in [0.1, 0.15) is 24.8 Å². The highest BCUT2D eigenvalue weighted by Gasteiger charge is 2.05. The molecule has 1 amide bonds. The first-order chi connectivity index (χ1) is 11.8. The maximum Gasteiger partial charge on any atom is 0.407 e. The van der Waals surface area contributed by atoms with Crippen LogP contribution in [0.4, 0.5) is 4.79 Å². The summed E-state index contributed by atoms with van der Waals surface area (Å²) in [6, 6.07) is 9.68. The summed E-state index contributed by atoms with van der Waals surface area (Å²) in [5.41, 5.74) is 6.59. The number of hydrogen-bond acceptors (Lipinski definition) is 5. The topological polar surface area (TPSA) is 79.6 Å². The number of nitrogens with two attached hydrogens (primary N) is 1. The lowest BCUT2D eigenvalue weighted by atomic mass is 10.2. The van der Waals surface area contributed by atoms with Gasteiger partial charge in [-0.05, 0) is 64.6 Å². The van der Waals surface area contributed by atoms with Gasteiger partial charge >= 0.3 is 6.09 Å². The van der Waals surface area contributed by atoms with Crippen LogP contribution in [0.5, 0.6) is 0 Å². The maximum atomic E-state index is 11.7. The number of alkyl carbamates (subject to hydrolysis) is 1. The van der Waals surface area contributed by atoms with E-state index in [4.69, 9.17) is 10.5 Å². The Morgan fingerprint density at radius 2 is 1.75 bits per heavy atom. The third kappa shape index (κ3) is 10.2. The zero-order valence-corrected chi connectivity index (χ0v) is 14.8. The molecule has 0 saturated carbocycles. The predicted molar refractivity (Wildman–Crippen MR) is 97.9 cm³/mol. The molecule has 0 aromatic heterocycles. The first-order valence-electron chi connectivity index (χ1n) is 8.78. The van der Waals surface area contributed by atoms with Crippen LogP contribution in [-0.2, 0) is 11.3 Å². The van der Waals surface area contributed by atoms with E-state index in [1.807, 2.05) is 37.4 Å². The van der Waals surface area contributed by atoms with Gasteiger partial charge in [-0.2, -0.15) is 0 Å². The molecule has 1 aromatic rings. The molecule has 0 unspecified atom stereocenters. The molecule has 0 atom stereocenters. The number of nitrogens with zero attached hydrogens (tertiary/aromatic N) is 1. The lowest BCUT2D eigenvalue weighted by Gasteiger charge is -2.22. The Labute approximate surface area is 145 Å². The van der Waals surface area contributed by atoms with Crippen molar-refractivity contribution in [2.75, 3.05) is 46.3 Å². The van der Waals surface area contributed by atoms with Crippen molar-refractivity contribution < 1.29 is 9.53 Å². The van der Waals surface area contributed by atoms with Crippen molar-refractivity contribution in [1.82, 2.24) is 15.5 Å². The number of benzene rings is 1. The Morgan fingerprint density at radius 1 is 1.08 bits per heavy atom. The van der Waals surface area contributed by atoms with Crippen LogP contribution < -0.4 is 16.4 Å². The molecule has 0 aliphatic heterocycles. The van der Waals surface area contributed by atoms with Gasteiger partial charge in [-0.3, -0.25) is 0 Å². The van der Waals surface area contributed by atoms with Gasteiger partial charge in [0.2, 0.25) is 0 Å². The Kier molecular flexibility index (Phi) is 11.7. The number of ether oxygens (including phenoxy) is 1. The molecule has 0 spiro atoms. The van der Waals surface area contributed by atoms with Crippen LogP contribution in [0.25, 0.3) is 0 Å². The standard InChI is InChI=1S/C18H32N4O2/c1-20-11-6-14-22(13-5-10-19)15-7-12-21-18(23)24-16-17-8-3-2-4-9-17/h2-4,8-9,20H,5-7,10-16,19H2,1H3,(H,21,23). The van der Waals surface area contributed by atoms with Crippen molar-refractivity contribution in [2.24, 2.45) is 5.73 Å². The number of amides is 1. The quantitative estimate of drug-likeness (QED) is 0.477. The number of rotatable bonds is 13. The molecule has 0 radical (unpaired) electrons. The number of carbonyl (C=O) groups excluding carboxylic acids is 1. The van der Waals surface area contributed by atoms with E-state index in [2.05, 4.69) is 15.5 Å². The van der Waals surface area contributed by atoms with Gasteiger partial charge in [0.1, 0.15) is 6.61 Å². The Morgan fingerprint density at radius 3 is 2.42 bits per heavy atom. The molecule has 0 fully saturated rings. The third-order valence-corrected chi connectivity index (χ3v) is 3.71. The maximum absolute atomic E-state index is 11.7.